The molecule has 8 heteroatoms. The number of fused-ring (bicyclic) bond motifs is 2. The van der Waals surface area contributed by atoms with Gasteiger partial charge in [0, 0.05) is 13.2 Å². The maximum absolute atomic E-state index is 13.1. The standard InChI is InChI=1S/C19H17N5O3/c1-11-5-6-15-22-17-14(19(26)23(15)9-11)8-13(18(25)21-2)16(20)24(17)10-12-4-3-7-27-12/h3-9,20H,10H2,1-2H3,(H,21,25). The van der Waals surface area contributed by atoms with Crippen molar-refractivity contribution in [3.8, 4) is 0 Å². The van der Waals surface area contributed by atoms with Gasteiger partial charge in [-0.1, -0.05) is 6.07 Å². The van der Waals surface area contributed by atoms with Crippen LogP contribution in [0.1, 0.15) is 21.7 Å². The van der Waals surface area contributed by atoms with E-state index in [0.717, 1.165) is 5.56 Å². The van der Waals surface area contributed by atoms with Crippen LogP contribution in [0.25, 0.3) is 16.7 Å². The molecular formula is C19H17N5O3. The smallest absolute Gasteiger partial charge is 0.267 e. The molecule has 0 aromatic carbocycles. The number of rotatable bonds is 3. The molecule has 4 rings (SSSR count). The third kappa shape index (κ3) is 2.71. The molecule has 27 heavy (non-hydrogen) atoms. The van der Waals surface area contributed by atoms with Crippen molar-refractivity contribution in [1.82, 2.24) is 19.3 Å². The molecule has 4 aromatic rings. The molecule has 1 amide bonds. The molecule has 0 unspecified atom stereocenters. The lowest BCUT2D eigenvalue weighted by atomic mass is 10.2. The Labute approximate surface area is 153 Å². The van der Waals surface area contributed by atoms with Gasteiger partial charge in [-0.25, -0.2) is 4.98 Å². The van der Waals surface area contributed by atoms with Crippen molar-refractivity contribution in [1.29, 1.82) is 5.41 Å². The Kier molecular flexibility index (Phi) is 3.88. The Bertz CT molecular complexity index is 1300. The fraction of sp³-hybridized carbons (Fsp3) is 0.158. The lowest BCUT2D eigenvalue weighted by Crippen LogP contribution is -2.33. The average molecular weight is 363 g/mol. The summed E-state index contributed by atoms with van der Waals surface area (Å²) in [5.41, 5.74) is 1.48. The summed E-state index contributed by atoms with van der Waals surface area (Å²) in [6.45, 7) is 2.07. The molecule has 0 fully saturated rings. The number of carbonyl (C=O) groups excluding carboxylic acids is 1. The molecule has 0 aliphatic carbocycles. The van der Waals surface area contributed by atoms with Gasteiger partial charge in [0.25, 0.3) is 11.5 Å². The van der Waals surface area contributed by atoms with Crippen LogP contribution in [-0.4, -0.2) is 26.9 Å². The molecular weight excluding hydrogens is 346 g/mol. The van der Waals surface area contributed by atoms with E-state index in [1.165, 1.54) is 28.3 Å². The number of nitrogens with zero attached hydrogens (tertiary/aromatic N) is 3. The minimum atomic E-state index is -0.441. The van der Waals surface area contributed by atoms with Gasteiger partial charge < -0.3 is 14.3 Å². The highest BCUT2D eigenvalue weighted by molar-refractivity contribution is 5.96. The van der Waals surface area contributed by atoms with Crippen molar-refractivity contribution >= 4 is 22.6 Å². The maximum Gasteiger partial charge on any atom is 0.267 e. The predicted octanol–water partition coefficient (Wildman–Crippen LogP) is 1.44. The summed E-state index contributed by atoms with van der Waals surface area (Å²) in [7, 11) is 1.48. The largest absolute Gasteiger partial charge is 0.467 e. The molecule has 0 radical (unpaired) electrons. The zero-order chi connectivity index (χ0) is 19.1. The Morgan fingerprint density at radius 2 is 2.15 bits per heavy atom. The molecule has 4 heterocycles. The Morgan fingerprint density at radius 3 is 2.85 bits per heavy atom. The van der Waals surface area contributed by atoms with E-state index in [4.69, 9.17) is 9.83 Å². The number of amides is 1. The molecule has 4 aromatic heterocycles. The molecule has 0 aliphatic rings. The monoisotopic (exact) mass is 363 g/mol. The van der Waals surface area contributed by atoms with Crippen molar-refractivity contribution in [2.75, 3.05) is 7.05 Å². The van der Waals surface area contributed by atoms with Crippen molar-refractivity contribution in [3.63, 3.8) is 0 Å². The summed E-state index contributed by atoms with van der Waals surface area (Å²) in [5.74, 6) is 0.151. The Morgan fingerprint density at radius 1 is 1.33 bits per heavy atom. The van der Waals surface area contributed by atoms with Gasteiger partial charge in [0.05, 0.1) is 23.8 Å². The Hall–Kier alpha value is -3.68. The van der Waals surface area contributed by atoms with Crippen LogP contribution in [0, 0.1) is 12.3 Å². The van der Waals surface area contributed by atoms with Crippen LogP contribution in [0.5, 0.6) is 0 Å². The number of hydrogen-bond donors (Lipinski definition) is 2. The number of nitrogens with one attached hydrogen (secondary N) is 2. The predicted molar refractivity (Wildman–Crippen MR) is 98.7 cm³/mol. The summed E-state index contributed by atoms with van der Waals surface area (Å²) in [6.07, 6.45) is 3.24. The van der Waals surface area contributed by atoms with E-state index in [9.17, 15) is 9.59 Å². The van der Waals surface area contributed by atoms with Gasteiger partial charge in [0.1, 0.15) is 22.5 Å². The minimum absolute atomic E-state index is 0.0402. The molecule has 0 aliphatic heterocycles. The highest BCUT2D eigenvalue weighted by Crippen LogP contribution is 2.13. The fourth-order valence-electron chi connectivity index (χ4n) is 3.06. The van der Waals surface area contributed by atoms with Crippen LogP contribution in [-0.2, 0) is 6.54 Å². The second-order valence-electron chi connectivity index (χ2n) is 6.24. The number of carbonyl (C=O) groups is 1. The van der Waals surface area contributed by atoms with E-state index < -0.39 is 5.91 Å². The molecule has 2 N–H and O–H groups in total. The summed E-state index contributed by atoms with van der Waals surface area (Å²) < 4.78 is 8.35. The van der Waals surface area contributed by atoms with Crippen LogP contribution in [0.15, 0.2) is 52.0 Å². The average Bonchev–Trinajstić information content (AvgIpc) is 3.17. The highest BCUT2D eigenvalue weighted by atomic mass is 16.3. The van der Waals surface area contributed by atoms with Crippen LogP contribution in [0.2, 0.25) is 0 Å². The van der Waals surface area contributed by atoms with Gasteiger partial charge in [-0.05, 0) is 36.8 Å². The van der Waals surface area contributed by atoms with Crippen molar-refractivity contribution in [2.24, 2.45) is 0 Å². The van der Waals surface area contributed by atoms with Crippen molar-refractivity contribution < 1.29 is 9.21 Å². The van der Waals surface area contributed by atoms with E-state index in [-0.39, 0.29) is 28.5 Å². The van der Waals surface area contributed by atoms with Gasteiger partial charge in [0.15, 0.2) is 0 Å². The van der Waals surface area contributed by atoms with E-state index >= 15 is 0 Å². The quantitative estimate of drug-likeness (QED) is 0.537. The van der Waals surface area contributed by atoms with Crippen LogP contribution in [0.3, 0.4) is 0 Å². The first kappa shape index (κ1) is 16.8. The number of aromatic nitrogens is 3. The van der Waals surface area contributed by atoms with Crippen molar-refractivity contribution in [3.05, 3.63) is 75.5 Å². The second-order valence-corrected chi connectivity index (χ2v) is 6.24. The van der Waals surface area contributed by atoms with Gasteiger partial charge in [0.2, 0.25) is 0 Å². The van der Waals surface area contributed by atoms with Crippen LogP contribution < -0.4 is 16.4 Å². The van der Waals surface area contributed by atoms with Gasteiger partial charge in [-0.15, -0.1) is 0 Å². The topological polar surface area (TPSA) is 105 Å². The van der Waals surface area contributed by atoms with E-state index in [1.54, 1.807) is 24.4 Å². The lowest BCUT2D eigenvalue weighted by molar-refractivity contribution is 0.0960. The Balaban J connectivity index is 2.14. The van der Waals surface area contributed by atoms with E-state index in [0.29, 0.717) is 17.1 Å². The molecule has 0 bridgehead atoms. The zero-order valence-electron chi connectivity index (χ0n) is 14.8. The summed E-state index contributed by atoms with van der Waals surface area (Å²) >= 11 is 0. The molecule has 136 valence electrons. The molecule has 8 nitrogen and oxygen atoms in total. The van der Waals surface area contributed by atoms with E-state index in [1.807, 2.05) is 13.0 Å². The molecule has 0 atom stereocenters. The minimum Gasteiger partial charge on any atom is -0.467 e. The zero-order valence-corrected chi connectivity index (χ0v) is 14.8. The molecule has 0 saturated carbocycles. The first-order chi connectivity index (χ1) is 13.0. The first-order valence-electron chi connectivity index (χ1n) is 8.35. The third-order valence-corrected chi connectivity index (χ3v) is 4.42. The maximum atomic E-state index is 13.1. The fourth-order valence-corrected chi connectivity index (χ4v) is 3.06. The number of furan rings is 1. The van der Waals surface area contributed by atoms with E-state index in [2.05, 4.69) is 10.3 Å². The van der Waals surface area contributed by atoms with Gasteiger partial charge >= 0.3 is 0 Å². The highest BCUT2D eigenvalue weighted by Gasteiger charge is 2.17. The number of aryl methyl sites for hydroxylation is 1. The second kappa shape index (κ2) is 6.24. The number of hydrogen-bond acceptors (Lipinski definition) is 5. The molecule has 0 saturated heterocycles. The van der Waals surface area contributed by atoms with Crippen molar-refractivity contribution in [2.45, 2.75) is 13.5 Å². The van der Waals surface area contributed by atoms with Gasteiger partial charge in [-0.3, -0.25) is 19.4 Å². The summed E-state index contributed by atoms with van der Waals surface area (Å²) in [6, 6.07) is 8.56. The summed E-state index contributed by atoms with van der Waals surface area (Å²) in [4.78, 5) is 29.9. The first-order valence-corrected chi connectivity index (χ1v) is 8.35. The normalized spacial score (nSPS) is 11.2. The number of pyridine rings is 2. The lowest BCUT2D eigenvalue weighted by Gasteiger charge is -2.13. The van der Waals surface area contributed by atoms with Gasteiger partial charge in [-0.2, -0.15) is 0 Å². The third-order valence-electron chi connectivity index (χ3n) is 4.42. The SMILES string of the molecule is CNC(=O)c1cc2c(=O)n3cc(C)ccc3nc2n(Cc2ccco2)c1=N. The van der Waals surface area contributed by atoms with Crippen LogP contribution >= 0.6 is 0 Å². The van der Waals surface area contributed by atoms with Crippen LogP contribution in [0.4, 0.5) is 0 Å². The molecule has 0 spiro atoms. The summed E-state index contributed by atoms with van der Waals surface area (Å²) in [5, 5.41) is 11.3.